The number of aromatic nitrogens is 1. The highest BCUT2D eigenvalue weighted by Crippen LogP contribution is 2.29. The molecule has 0 aliphatic heterocycles. The first-order valence-corrected chi connectivity index (χ1v) is 6.86. The molecule has 0 aliphatic carbocycles. The van der Waals surface area contributed by atoms with Crippen molar-refractivity contribution in [3.8, 4) is 11.6 Å². The number of pyridine rings is 1. The minimum absolute atomic E-state index is 0.113. The van der Waals surface area contributed by atoms with Gasteiger partial charge in [-0.1, -0.05) is 32.9 Å². The third-order valence-electron chi connectivity index (χ3n) is 3.18. The molecule has 0 bridgehead atoms. The molecule has 0 aliphatic rings. The lowest BCUT2D eigenvalue weighted by atomic mass is 9.91. The molecule has 0 amide bonds. The maximum absolute atomic E-state index is 14.0. The fourth-order valence-electron chi connectivity index (χ4n) is 1.90. The third kappa shape index (κ3) is 3.58. The van der Waals surface area contributed by atoms with Gasteiger partial charge >= 0.3 is 0 Å². The van der Waals surface area contributed by atoms with Crippen molar-refractivity contribution >= 4 is 0 Å². The van der Waals surface area contributed by atoms with Crippen LogP contribution in [0, 0.1) is 12.7 Å². The van der Waals surface area contributed by atoms with Gasteiger partial charge in [0.05, 0.1) is 12.3 Å². The van der Waals surface area contributed by atoms with Crippen molar-refractivity contribution < 1.29 is 14.2 Å². The first kappa shape index (κ1) is 15.4. The van der Waals surface area contributed by atoms with Crippen LogP contribution in [-0.2, 0) is 12.0 Å². The van der Waals surface area contributed by atoms with Gasteiger partial charge in [0, 0.05) is 11.5 Å². The van der Waals surface area contributed by atoms with E-state index in [0.717, 1.165) is 5.69 Å². The molecule has 4 heteroatoms. The number of nitrogens with zero attached hydrogens (tertiary/aromatic N) is 1. The van der Waals surface area contributed by atoms with Crippen molar-refractivity contribution in [3.63, 3.8) is 0 Å². The molecule has 0 spiro atoms. The second-order valence-corrected chi connectivity index (χ2v) is 6.10. The van der Waals surface area contributed by atoms with Crippen molar-refractivity contribution in [3.05, 3.63) is 53.0 Å². The zero-order valence-corrected chi connectivity index (χ0v) is 12.8. The summed E-state index contributed by atoms with van der Waals surface area (Å²) in [6.45, 7) is 7.63. The minimum Gasteiger partial charge on any atom is -0.436 e. The fourth-order valence-corrected chi connectivity index (χ4v) is 1.90. The van der Waals surface area contributed by atoms with E-state index in [0.29, 0.717) is 11.1 Å². The van der Waals surface area contributed by atoms with Crippen LogP contribution in [0.3, 0.4) is 0 Å². The van der Waals surface area contributed by atoms with E-state index >= 15 is 0 Å². The summed E-state index contributed by atoms with van der Waals surface area (Å²) in [6, 6.07) is 8.43. The average molecular weight is 289 g/mol. The number of ether oxygens (including phenoxy) is 1. The lowest BCUT2D eigenvalue weighted by Crippen LogP contribution is -2.14. The number of hydrogen-bond donors (Lipinski definition) is 1. The van der Waals surface area contributed by atoms with E-state index in [-0.39, 0.29) is 23.7 Å². The summed E-state index contributed by atoms with van der Waals surface area (Å²) in [4.78, 5) is 4.42. The largest absolute Gasteiger partial charge is 0.436 e. The predicted molar refractivity (Wildman–Crippen MR) is 80.1 cm³/mol. The van der Waals surface area contributed by atoms with E-state index < -0.39 is 5.82 Å². The van der Waals surface area contributed by atoms with Crippen LogP contribution in [0.1, 0.15) is 37.6 Å². The number of hydrogen-bond acceptors (Lipinski definition) is 3. The van der Waals surface area contributed by atoms with Gasteiger partial charge in [0.25, 0.3) is 0 Å². The molecular formula is C17H20FNO2. The Morgan fingerprint density at radius 3 is 2.57 bits per heavy atom. The number of aryl methyl sites for hydroxylation is 1. The van der Waals surface area contributed by atoms with Crippen molar-refractivity contribution in [1.29, 1.82) is 0 Å². The maximum atomic E-state index is 14.0. The topological polar surface area (TPSA) is 42.4 Å². The van der Waals surface area contributed by atoms with Crippen LogP contribution in [0.2, 0.25) is 0 Å². The Bertz CT molecular complexity index is 648. The summed E-state index contributed by atoms with van der Waals surface area (Å²) in [7, 11) is 0. The monoisotopic (exact) mass is 289 g/mol. The second kappa shape index (κ2) is 5.82. The van der Waals surface area contributed by atoms with Crippen LogP contribution in [-0.4, -0.2) is 10.1 Å². The first-order chi connectivity index (χ1) is 9.81. The first-order valence-electron chi connectivity index (χ1n) is 6.86. The van der Waals surface area contributed by atoms with E-state index in [9.17, 15) is 9.50 Å². The zero-order valence-electron chi connectivity index (χ0n) is 12.8. The van der Waals surface area contributed by atoms with E-state index in [1.807, 2.05) is 26.8 Å². The molecule has 2 aromatic rings. The SMILES string of the molecule is Cc1cccc(Oc2cc(CO)cc(C(C)(C)C)n2)c1F. The number of aliphatic hydroxyl groups is 1. The third-order valence-corrected chi connectivity index (χ3v) is 3.18. The van der Waals surface area contributed by atoms with Crippen LogP contribution in [0.15, 0.2) is 30.3 Å². The van der Waals surface area contributed by atoms with Gasteiger partial charge in [-0.3, -0.25) is 0 Å². The molecule has 1 N–H and O–H groups in total. The van der Waals surface area contributed by atoms with Crippen LogP contribution in [0.5, 0.6) is 11.6 Å². The van der Waals surface area contributed by atoms with Gasteiger partial charge in [0.15, 0.2) is 11.6 Å². The number of rotatable bonds is 3. The summed E-state index contributed by atoms with van der Waals surface area (Å²) in [5.41, 5.74) is 1.81. The highest BCUT2D eigenvalue weighted by molar-refractivity contribution is 5.35. The number of benzene rings is 1. The molecule has 0 unspecified atom stereocenters. The highest BCUT2D eigenvalue weighted by atomic mass is 19.1. The molecule has 2 rings (SSSR count). The number of aliphatic hydroxyl groups excluding tert-OH is 1. The van der Waals surface area contributed by atoms with Gasteiger partial charge < -0.3 is 9.84 Å². The van der Waals surface area contributed by atoms with Crippen LogP contribution in [0.25, 0.3) is 0 Å². The standard InChI is InChI=1S/C17H20FNO2/c1-11-6-5-7-13(16(11)18)21-15-9-12(10-20)8-14(19-15)17(2,3)4/h5-9,20H,10H2,1-4H3. The number of halogens is 1. The maximum Gasteiger partial charge on any atom is 0.219 e. The molecule has 0 saturated carbocycles. The Kier molecular flexibility index (Phi) is 4.28. The van der Waals surface area contributed by atoms with Crippen molar-refractivity contribution in [2.24, 2.45) is 0 Å². The molecule has 0 fully saturated rings. The summed E-state index contributed by atoms with van der Waals surface area (Å²) >= 11 is 0. The quantitative estimate of drug-likeness (QED) is 0.924. The van der Waals surface area contributed by atoms with Crippen molar-refractivity contribution in [1.82, 2.24) is 4.98 Å². The van der Waals surface area contributed by atoms with Gasteiger partial charge in [-0.15, -0.1) is 0 Å². The molecule has 112 valence electrons. The van der Waals surface area contributed by atoms with E-state index in [1.165, 1.54) is 0 Å². The Labute approximate surface area is 124 Å². The van der Waals surface area contributed by atoms with Gasteiger partial charge in [0.2, 0.25) is 5.88 Å². The summed E-state index contributed by atoms with van der Waals surface area (Å²) in [5, 5.41) is 9.36. The Morgan fingerprint density at radius 1 is 1.24 bits per heavy atom. The van der Waals surface area contributed by atoms with E-state index in [4.69, 9.17) is 4.74 Å². The van der Waals surface area contributed by atoms with Gasteiger partial charge in [-0.05, 0) is 30.2 Å². The van der Waals surface area contributed by atoms with Crippen LogP contribution < -0.4 is 4.74 Å². The lowest BCUT2D eigenvalue weighted by molar-refractivity contribution is 0.280. The second-order valence-electron chi connectivity index (χ2n) is 6.10. The molecular weight excluding hydrogens is 269 g/mol. The van der Waals surface area contributed by atoms with Gasteiger partial charge in [-0.2, -0.15) is 0 Å². The Hall–Kier alpha value is -1.94. The molecule has 0 atom stereocenters. The molecule has 1 aromatic carbocycles. The summed E-state index contributed by atoms with van der Waals surface area (Å²) in [5.74, 6) is 0.0273. The zero-order chi connectivity index (χ0) is 15.6. The summed E-state index contributed by atoms with van der Waals surface area (Å²) in [6.07, 6.45) is 0. The highest BCUT2D eigenvalue weighted by Gasteiger charge is 2.18. The van der Waals surface area contributed by atoms with Gasteiger partial charge in [0.1, 0.15) is 0 Å². The van der Waals surface area contributed by atoms with E-state index in [2.05, 4.69) is 4.98 Å². The molecule has 0 saturated heterocycles. The Balaban J connectivity index is 2.42. The molecule has 0 radical (unpaired) electrons. The minimum atomic E-state index is -0.397. The van der Waals surface area contributed by atoms with E-state index in [1.54, 1.807) is 31.2 Å². The fraction of sp³-hybridized carbons (Fsp3) is 0.353. The predicted octanol–water partition coefficient (Wildman–Crippen LogP) is 4.11. The smallest absolute Gasteiger partial charge is 0.219 e. The molecule has 1 heterocycles. The lowest BCUT2D eigenvalue weighted by Gasteiger charge is -2.19. The molecule has 3 nitrogen and oxygen atoms in total. The molecule has 21 heavy (non-hydrogen) atoms. The summed E-state index contributed by atoms with van der Waals surface area (Å²) < 4.78 is 19.6. The van der Waals surface area contributed by atoms with Crippen LogP contribution >= 0.6 is 0 Å². The normalized spacial score (nSPS) is 11.5. The molecule has 1 aromatic heterocycles. The van der Waals surface area contributed by atoms with Crippen molar-refractivity contribution in [2.75, 3.05) is 0 Å². The van der Waals surface area contributed by atoms with Gasteiger partial charge in [-0.25, -0.2) is 9.37 Å². The van der Waals surface area contributed by atoms with Crippen LogP contribution in [0.4, 0.5) is 4.39 Å². The van der Waals surface area contributed by atoms with Crippen molar-refractivity contribution in [2.45, 2.75) is 39.7 Å². The Morgan fingerprint density at radius 2 is 1.95 bits per heavy atom. The average Bonchev–Trinajstić information content (AvgIpc) is 2.42.